The second-order valence-electron chi connectivity index (χ2n) is 10.5. The number of methoxy groups -OCH3 is 1. The van der Waals surface area contributed by atoms with E-state index in [-0.39, 0.29) is 5.91 Å². The molecule has 2 fully saturated rings. The highest BCUT2D eigenvalue weighted by molar-refractivity contribution is 6.02. The highest BCUT2D eigenvalue weighted by atomic mass is 16.5. The summed E-state index contributed by atoms with van der Waals surface area (Å²) in [5.41, 5.74) is 5.13. The molecule has 0 atom stereocenters. The summed E-state index contributed by atoms with van der Waals surface area (Å²) < 4.78 is 18.9. The Morgan fingerprint density at radius 2 is 1.79 bits per heavy atom. The van der Waals surface area contributed by atoms with E-state index in [1.54, 1.807) is 19.4 Å². The summed E-state index contributed by atoms with van der Waals surface area (Å²) in [6.07, 6.45) is 7.30. The van der Waals surface area contributed by atoms with E-state index in [9.17, 15) is 4.79 Å². The number of carbonyl (C=O) groups excluding carboxylic acids is 1. The molecule has 1 amide bonds. The number of para-hydroxylation sites is 1. The third kappa shape index (κ3) is 6.64. The Bertz CT molecular complexity index is 1610. The lowest BCUT2D eigenvalue weighted by Gasteiger charge is -2.31. The molecule has 0 spiro atoms. The van der Waals surface area contributed by atoms with Gasteiger partial charge in [-0.1, -0.05) is 24.3 Å². The molecule has 0 bridgehead atoms. The third-order valence-electron chi connectivity index (χ3n) is 7.74. The maximum absolute atomic E-state index is 13.1. The quantitative estimate of drug-likeness (QED) is 0.282. The zero-order valence-electron chi connectivity index (χ0n) is 24.6. The molecule has 2 saturated heterocycles. The van der Waals surface area contributed by atoms with Gasteiger partial charge in [-0.2, -0.15) is 0 Å². The van der Waals surface area contributed by atoms with Crippen LogP contribution in [0.2, 0.25) is 0 Å². The van der Waals surface area contributed by atoms with Gasteiger partial charge < -0.3 is 34.3 Å². The number of aromatic nitrogens is 3. The van der Waals surface area contributed by atoms with Crippen LogP contribution in [0.4, 0.5) is 23.0 Å². The fraction of sp³-hybridized carbons (Fsp3) is 0.344. The third-order valence-corrected chi connectivity index (χ3v) is 7.74. The fourth-order valence-corrected chi connectivity index (χ4v) is 5.50. The van der Waals surface area contributed by atoms with E-state index in [0.717, 1.165) is 54.2 Å². The largest absolute Gasteiger partial charge is 0.494 e. The van der Waals surface area contributed by atoms with Gasteiger partial charge in [0.2, 0.25) is 11.9 Å². The molecule has 0 aliphatic carbocycles. The highest BCUT2D eigenvalue weighted by Gasteiger charge is 2.20. The number of ether oxygens (including phenoxy) is 3. The van der Waals surface area contributed by atoms with E-state index in [1.807, 2.05) is 43.5 Å². The topological polar surface area (TPSA) is 106 Å². The first-order valence-electron chi connectivity index (χ1n) is 14.6. The number of hydrogen-bond acceptors (Lipinski definition) is 9. The standard InChI is InChI=1S/C32H37N7O4/c1-37-22-24(23-6-3-4-7-28(23)37)25-9-10-33-32(35-25)36-27-20-26(29(21-30(27)41-2)39-14-18-43-19-15-39)34-31(40)8-5-11-38-12-16-42-17-13-38/h3-10,20-22H,11-19H2,1-2H3,(H,34,40)(H,33,35,36)/b8-5+. The predicted octanol–water partition coefficient (Wildman–Crippen LogP) is 4.05. The average molecular weight is 584 g/mol. The molecule has 2 aromatic heterocycles. The van der Waals surface area contributed by atoms with Gasteiger partial charge in [0.25, 0.3) is 0 Å². The summed E-state index contributed by atoms with van der Waals surface area (Å²) in [5.74, 6) is 0.833. The van der Waals surface area contributed by atoms with Crippen LogP contribution in [0, 0.1) is 0 Å². The van der Waals surface area contributed by atoms with Crippen molar-refractivity contribution in [2.24, 2.45) is 7.05 Å². The molecule has 11 nitrogen and oxygen atoms in total. The van der Waals surface area contributed by atoms with Crippen LogP contribution >= 0.6 is 0 Å². The Morgan fingerprint density at radius 3 is 2.58 bits per heavy atom. The summed E-state index contributed by atoms with van der Waals surface area (Å²) in [6, 6.07) is 14.0. The first-order valence-corrected chi connectivity index (χ1v) is 14.6. The number of anilines is 4. The molecule has 6 rings (SSSR count). The second-order valence-corrected chi connectivity index (χ2v) is 10.5. The van der Waals surface area contributed by atoms with E-state index in [2.05, 4.69) is 48.3 Å². The van der Waals surface area contributed by atoms with Gasteiger partial charge in [0.1, 0.15) is 5.75 Å². The van der Waals surface area contributed by atoms with Gasteiger partial charge in [0.15, 0.2) is 0 Å². The smallest absolute Gasteiger partial charge is 0.248 e. The number of hydrogen-bond donors (Lipinski definition) is 2. The minimum Gasteiger partial charge on any atom is -0.494 e. The van der Waals surface area contributed by atoms with Crippen LogP contribution < -0.4 is 20.3 Å². The predicted molar refractivity (Wildman–Crippen MR) is 168 cm³/mol. The van der Waals surface area contributed by atoms with Crippen molar-refractivity contribution >= 4 is 39.8 Å². The Morgan fingerprint density at radius 1 is 1.02 bits per heavy atom. The fourth-order valence-electron chi connectivity index (χ4n) is 5.50. The van der Waals surface area contributed by atoms with E-state index in [4.69, 9.17) is 19.2 Å². The van der Waals surface area contributed by atoms with E-state index in [1.165, 1.54) is 0 Å². The van der Waals surface area contributed by atoms with Gasteiger partial charge in [-0.15, -0.1) is 0 Å². The number of benzene rings is 2. The highest BCUT2D eigenvalue weighted by Crippen LogP contribution is 2.39. The molecule has 0 unspecified atom stereocenters. The molecular weight excluding hydrogens is 546 g/mol. The number of nitrogens with one attached hydrogen (secondary N) is 2. The van der Waals surface area contributed by atoms with Crippen molar-refractivity contribution in [3.63, 3.8) is 0 Å². The van der Waals surface area contributed by atoms with Gasteiger partial charge in [-0.3, -0.25) is 9.69 Å². The van der Waals surface area contributed by atoms with Crippen molar-refractivity contribution in [2.75, 3.05) is 81.8 Å². The van der Waals surface area contributed by atoms with Crippen molar-refractivity contribution in [2.45, 2.75) is 0 Å². The van der Waals surface area contributed by atoms with Gasteiger partial charge in [-0.25, -0.2) is 9.97 Å². The van der Waals surface area contributed by atoms with Crippen LogP contribution in [-0.4, -0.2) is 91.6 Å². The second kappa shape index (κ2) is 13.2. The SMILES string of the molecule is COc1cc(N2CCOCC2)c(NC(=O)/C=C/CN2CCOCC2)cc1Nc1nccc(-c2cn(C)c3ccccc23)n1. The lowest BCUT2D eigenvalue weighted by atomic mass is 10.1. The average Bonchev–Trinajstić information content (AvgIpc) is 3.38. The minimum atomic E-state index is -0.201. The molecule has 43 heavy (non-hydrogen) atoms. The van der Waals surface area contributed by atoms with Crippen molar-refractivity contribution in [3.8, 4) is 17.0 Å². The van der Waals surface area contributed by atoms with Gasteiger partial charge in [0, 0.05) is 80.8 Å². The van der Waals surface area contributed by atoms with E-state index < -0.39 is 0 Å². The van der Waals surface area contributed by atoms with E-state index in [0.29, 0.717) is 55.9 Å². The van der Waals surface area contributed by atoms with Gasteiger partial charge in [0.05, 0.1) is 56.3 Å². The van der Waals surface area contributed by atoms with Gasteiger partial charge in [-0.05, 0) is 18.2 Å². The maximum Gasteiger partial charge on any atom is 0.248 e. The van der Waals surface area contributed by atoms with E-state index >= 15 is 0 Å². The molecule has 4 heterocycles. The number of amides is 1. The molecule has 2 aromatic carbocycles. The van der Waals surface area contributed by atoms with Crippen LogP contribution in [-0.2, 0) is 21.3 Å². The van der Waals surface area contributed by atoms with Crippen LogP contribution in [0.25, 0.3) is 22.2 Å². The normalized spacial score (nSPS) is 16.1. The molecule has 2 aliphatic rings. The molecular formula is C32H37N7O4. The molecule has 4 aromatic rings. The van der Waals surface area contributed by atoms with Crippen molar-refractivity contribution < 1.29 is 19.0 Å². The van der Waals surface area contributed by atoms with Crippen molar-refractivity contribution in [1.29, 1.82) is 0 Å². The monoisotopic (exact) mass is 583 g/mol. The summed E-state index contributed by atoms with van der Waals surface area (Å²) >= 11 is 0. The Hall–Kier alpha value is -4.45. The molecule has 11 heteroatoms. The lowest BCUT2D eigenvalue weighted by molar-refractivity contribution is -0.111. The summed E-state index contributed by atoms with van der Waals surface area (Å²) in [6.45, 7) is 6.53. The number of carbonyl (C=O) groups is 1. The summed E-state index contributed by atoms with van der Waals surface area (Å²) in [7, 11) is 3.66. The minimum absolute atomic E-state index is 0.201. The zero-order chi connectivity index (χ0) is 29.6. The molecule has 2 N–H and O–H groups in total. The summed E-state index contributed by atoms with van der Waals surface area (Å²) in [5, 5.41) is 7.55. The number of morpholine rings is 2. The molecule has 224 valence electrons. The molecule has 2 aliphatic heterocycles. The first-order chi connectivity index (χ1) is 21.1. The van der Waals surface area contributed by atoms with Crippen molar-refractivity contribution in [1.82, 2.24) is 19.4 Å². The van der Waals surface area contributed by atoms with Gasteiger partial charge >= 0.3 is 0 Å². The number of nitrogens with zero attached hydrogens (tertiary/aromatic N) is 5. The number of aryl methyl sites for hydroxylation is 1. The van der Waals surface area contributed by atoms with Crippen LogP contribution in [0.3, 0.4) is 0 Å². The zero-order valence-corrected chi connectivity index (χ0v) is 24.6. The molecule has 0 radical (unpaired) electrons. The van der Waals surface area contributed by atoms with Crippen LogP contribution in [0.15, 0.2) is 67.0 Å². The Kier molecular flexibility index (Phi) is 8.83. The number of rotatable bonds is 9. The van der Waals surface area contributed by atoms with Crippen molar-refractivity contribution in [3.05, 3.63) is 67.0 Å². The first kappa shape index (κ1) is 28.7. The number of fused-ring (bicyclic) bond motifs is 1. The van der Waals surface area contributed by atoms with Crippen LogP contribution in [0.5, 0.6) is 5.75 Å². The summed E-state index contributed by atoms with van der Waals surface area (Å²) in [4.78, 5) is 26.8. The lowest BCUT2D eigenvalue weighted by Crippen LogP contribution is -2.37. The Labute approximate surface area is 251 Å². The maximum atomic E-state index is 13.1. The Balaban J connectivity index is 1.28. The molecule has 0 saturated carbocycles. The van der Waals surface area contributed by atoms with Crippen LogP contribution in [0.1, 0.15) is 0 Å².